The summed E-state index contributed by atoms with van der Waals surface area (Å²) in [4.78, 5) is 8.21. The summed E-state index contributed by atoms with van der Waals surface area (Å²) < 4.78 is 76.6. The van der Waals surface area contributed by atoms with Crippen molar-refractivity contribution in [1.29, 1.82) is 0 Å². The van der Waals surface area contributed by atoms with Crippen LogP contribution < -0.4 is 4.74 Å². The molecule has 2 aliphatic rings. The Morgan fingerprint density at radius 1 is 0.796 bits per heavy atom. The van der Waals surface area contributed by atoms with Gasteiger partial charge in [0, 0.05) is 39.3 Å². The third-order valence-corrected chi connectivity index (χ3v) is 10.6. The molecule has 11 heteroatoms. The molecule has 2 aliphatic heterocycles. The van der Waals surface area contributed by atoms with E-state index in [1.165, 1.54) is 89.5 Å². The van der Waals surface area contributed by atoms with Crippen LogP contribution in [0.1, 0.15) is 102 Å². The van der Waals surface area contributed by atoms with Crippen LogP contribution in [0.4, 0.5) is 18.9 Å². The molecular formula is C38H54F3N3O4S. The molecule has 0 aliphatic carbocycles. The molecule has 0 amide bonds. The number of allylic oxidation sites excluding steroid dienone is 2. The van der Waals surface area contributed by atoms with E-state index in [4.69, 9.17) is 14.5 Å². The van der Waals surface area contributed by atoms with E-state index in [0.29, 0.717) is 37.0 Å². The van der Waals surface area contributed by atoms with Crippen LogP contribution in [0.25, 0.3) is 0 Å². The Bertz CT molecular complexity index is 1450. The van der Waals surface area contributed by atoms with Gasteiger partial charge in [0.1, 0.15) is 17.3 Å². The number of nitrogens with zero attached hydrogens (tertiary/aromatic N) is 3. The first kappa shape index (κ1) is 38.9. The Labute approximate surface area is 291 Å². The van der Waals surface area contributed by atoms with Crippen molar-refractivity contribution in [3.05, 3.63) is 60.2 Å². The Hall–Kier alpha value is -2.89. The van der Waals surface area contributed by atoms with Crippen molar-refractivity contribution in [3.8, 4) is 11.5 Å². The molecule has 7 nitrogen and oxygen atoms in total. The van der Waals surface area contributed by atoms with Gasteiger partial charge in [-0.3, -0.25) is 4.90 Å². The number of amidine groups is 1. The minimum absolute atomic E-state index is 0.217. The largest absolute Gasteiger partial charge is 0.501 e. The number of benzene rings is 2. The standard InChI is InChI=1S/C38H54F3N3O4S/c1-2-3-4-5-6-7-8-9-10-11-12-13-14-15-16-19-29-47-30-28-43-24-26-44(27-25-43)37-33-31-32(49(45,46)38(39,40)41)22-23-35(33)48-36-21-18-17-20-34(36)42-37/h9-10,17-18,20-23,31H,2-8,11-16,19,24-30H2,1H3/b10-9-. The molecule has 0 radical (unpaired) electrons. The lowest BCUT2D eigenvalue weighted by Gasteiger charge is -2.36. The molecular weight excluding hydrogens is 651 g/mol. The lowest BCUT2D eigenvalue weighted by molar-refractivity contribution is -0.0436. The molecule has 2 aromatic carbocycles. The highest BCUT2D eigenvalue weighted by Gasteiger charge is 2.47. The summed E-state index contributed by atoms with van der Waals surface area (Å²) in [5.74, 6) is 1.10. The fourth-order valence-corrected chi connectivity index (χ4v) is 6.96. The molecule has 2 heterocycles. The zero-order valence-electron chi connectivity index (χ0n) is 29.1. The first-order valence-corrected chi connectivity index (χ1v) is 19.7. The zero-order chi connectivity index (χ0) is 35.0. The normalized spacial score (nSPS) is 15.5. The van der Waals surface area contributed by atoms with Crippen molar-refractivity contribution in [2.45, 2.75) is 107 Å². The number of hydrogen-bond acceptors (Lipinski definition) is 7. The minimum atomic E-state index is -5.54. The van der Waals surface area contributed by atoms with Crippen molar-refractivity contribution in [3.63, 3.8) is 0 Å². The maximum atomic E-state index is 13.4. The molecule has 0 bridgehead atoms. The van der Waals surface area contributed by atoms with Gasteiger partial charge in [-0.2, -0.15) is 13.2 Å². The van der Waals surface area contributed by atoms with E-state index in [-0.39, 0.29) is 11.3 Å². The van der Waals surface area contributed by atoms with E-state index in [9.17, 15) is 21.6 Å². The second kappa shape index (κ2) is 20.1. The van der Waals surface area contributed by atoms with E-state index in [0.717, 1.165) is 44.8 Å². The van der Waals surface area contributed by atoms with Gasteiger partial charge in [0.15, 0.2) is 5.75 Å². The van der Waals surface area contributed by atoms with Crippen molar-refractivity contribution >= 4 is 21.4 Å². The van der Waals surface area contributed by atoms with Crippen LogP contribution in [0.15, 0.2) is 64.5 Å². The second-order valence-electron chi connectivity index (χ2n) is 13.0. The molecule has 2 aromatic rings. The quantitative estimate of drug-likeness (QED) is 0.101. The number of fused-ring (bicyclic) bond motifs is 2. The monoisotopic (exact) mass is 705 g/mol. The van der Waals surface area contributed by atoms with Gasteiger partial charge in [-0.1, -0.05) is 89.0 Å². The highest BCUT2D eigenvalue weighted by atomic mass is 32.2. The number of piperazine rings is 1. The Morgan fingerprint density at radius 2 is 1.43 bits per heavy atom. The van der Waals surface area contributed by atoms with E-state index >= 15 is 0 Å². The number of sulfone groups is 1. The van der Waals surface area contributed by atoms with Gasteiger partial charge in [0.25, 0.3) is 9.84 Å². The van der Waals surface area contributed by atoms with Gasteiger partial charge in [-0.15, -0.1) is 0 Å². The average molecular weight is 706 g/mol. The van der Waals surface area contributed by atoms with Crippen LogP contribution in [-0.2, 0) is 14.6 Å². The van der Waals surface area contributed by atoms with Crippen LogP contribution in [0.2, 0.25) is 0 Å². The van der Waals surface area contributed by atoms with Gasteiger partial charge in [-0.25, -0.2) is 13.4 Å². The second-order valence-corrected chi connectivity index (χ2v) is 14.9. The molecule has 0 saturated carbocycles. The van der Waals surface area contributed by atoms with E-state index in [1.54, 1.807) is 24.3 Å². The topological polar surface area (TPSA) is 71.4 Å². The van der Waals surface area contributed by atoms with Crippen molar-refractivity contribution < 1.29 is 31.1 Å². The molecule has 272 valence electrons. The SMILES string of the molecule is CCCCCCCC/C=C\CCCCCCCCOCCN1CCN(C2=Nc3ccccc3Oc3ccc(S(=O)(=O)C(F)(F)F)cc32)CC1. The molecule has 4 rings (SSSR count). The number of alkyl halides is 3. The van der Waals surface area contributed by atoms with E-state index in [1.807, 2.05) is 4.90 Å². The molecule has 0 unspecified atom stereocenters. The number of unbranched alkanes of at least 4 members (excludes halogenated alkanes) is 12. The lowest BCUT2D eigenvalue weighted by Crippen LogP contribution is -2.49. The molecule has 0 aromatic heterocycles. The number of ether oxygens (including phenoxy) is 2. The van der Waals surface area contributed by atoms with E-state index < -0.39 is 20.2 Å². The van der Waals surface area contributed by atoms with Crippen molar-refractivity contribution in [2.75, 3.05) is 45.9 Å². The summed E-state index contributed by atoms with van der Waals surface area (Å²) >= 11 is 0. The van der Waals surface area contributed by atoms with Crippen LogP contribution in [0.5, 0.6) is 11.5 Å². The number of rotatable bonds is 20. The predicted molar refractivity (Wildman–Crippen MR) is 191 cm³/mol. The van der Waals surface area contributed by atoms with Crippen LogP contribution >= 0.6 is 0 Å². The highest BCUT2D eigenvalue weighted by molar-refractivity contribution is 7.92. The number of para-hydroxylation sites is 2. The lowest BCUT2D eigenvalue weighted by atomic mass is 10.1. The van der Waals surface area contributed by atoms with Gasteiger partial charge in [0.05, 0.1) is 17.1 Å². The first-order chi connectivity index (χ1) is 23.7. The Balaban J connectivity index is 1.13. The smallest absolute Gasteiger partial charge is 0.454 e. The van der Waals surface area contributed by atoms with Gasteiger partial charge < -0.3 is 14.4 Å². The predicted octanol–water partition coefficient (Wildman–Crippen LogP) is 9.84. The Morgan fingerprint density at radius 3 is 2.10 bits per heavy atom. The number of aliphatic imine (C=N–C) groups is 1. The Kier molecular flexibility index (Phi) is 15.9. The summed E-state index contributed by atoms with van der Waals surface area (Å²) in [6.45, 7) is 7.05. The zero-order valence-corrected chi connectivity index (χ0v) is 29.9. The summed E-state index contributed by atoms with van der Waals surface area (Å²) in [5.41, 5.74) is -4.67. The molecule has 0 atom stereocenters. The van der Waals surface area contributed by atoms with Gasteiger partial charge >= 0.3 is 5.51 Å². The third kappa shape index (κ3) is 12.1. The van der Waals surface area contributed by atoms with Crippen LogP contribution in [0, 0.1) is 0 Å². The molecule has 1 fully saturated rings. The van der Waals surface area contributed by atoms with Crippen molar-refractivity contribution in [1.82, 2.24) is 9.80 Å². The average Bonchev–Trinajstić information content (AvgIpc) is 3.25. The maximum Gasteiger partial charge on any atom is 0.501 e. The van der Waals surface area contributed by atoms with E-state index in [2.05, 4.69) is 24.0 Å². The molecule has 0 spiro atoms. The summed E-state index contributed by atoms with van der Waals surface area (Å²) in [6.07, 6.45) is 22.7. The van der Waals surface area contributed by atoms with Crippen molar-refractivity contribution in [2.24, 2.45) is 4.99 Å². The fourth-order valence-electron chi connectivity index (χ4n) is 6.17. The van der Waals surface area contributed by atoms with Crippen LogP contribution in [0.3, 0.4) is 0 Å². The number of halogens is 3. The number of hydrogen-bond donors (Lipinski definition) is 0. The molecule has 49 heavy (non-hydrogen) atoms. The molecule has 1 saturated heterocycles. The third-order valence-electron chi connectivity index (χ3n) is 9.14. The van der Waals surface area contributed by atoms with Gasteiger partial charge in [-0.05, 0) is 62.4 Å². The summed E-state index contributed by atoms with van der Waals surface area (Å²) in [5, 5.41) is 0. The highest BCUT2D eigenvalue weighted by Crippen LogP contribution is 2.40. The summed E-state index contributed by atoms with van der Waals surface area (Å²) in [7, 11) is -5.54. The van der Waals surface area contributed by atoms with Gasteiger partial charge in [0.2, 0.25) is 0 Å². The minimum Gasteiger partial charge on any atom is -0.454 e. The fraction of sp³-hybridized carbons (Fsp3) is 0.605. The maximum absolute atomic E-state index is 13.4. The molecule has 0 N–H and O–H groups in total. The first-order valence-electron chi connectivity index (χ1n) is 18.2. The summed E-state index contributed by atoms with van der Waals surface area (Å²) in [6, 6.07) is 10.3. The van der Waals surface area contributed by atoms with Crippen LogP contribution in [-0.4, -0.2) is 75.5 Å².